The number of amides is 2. The lowest BCUT2D eigenvalue weighted by Gasteiger charge is -2.42. The number of rotatable bonds is 6. The molecular weight excluding hydrogens is 548 g/mol. The number of ether oxygens (including phenoxy) is 1. The van der Waals surface area contributed by atoms with Gasteiger partial charge in [0.15, 0.2) is 0 Å². The Morgan fingerprint density at radius 3 is 2.33 bits per heavy atom. The Bertz CT molecular complexity index is 1560. The van der Waals surface area contributed by atoms with Crippen LogP contribution in [0, 0.1) is 6.92 Å². The van der Waals surface area contributed by atoms with E-state index >= 15 is 0 Å². The normalized spacial score (nSPS) is 18.8. The van der Waals surface area contributed by atoms with Gasteiger partial charge in [0, 0.05) is 43.1 Å². The number of aromatic nitrogens is 1. The summed E-state index contributed by atoms with van der Waals surface area (Å²) in [5.41, 5.74) is 3.54. The summed E-state index contributed by atoms with van der Waals surface area (Å²) in [4.78, 5) is 42.4. The Labute approximate surface area is 251 Å². The molecule has 10 heteroatoms. The monoisotopic (exact) mass is 588 g/mol. The third-order valence-electron chi connectivity index (χ3n) is 8.29. The molecule has 0 radical (unpaired) electrons. The quantitative estimate of drug-likeness (QED) is 0.348. The second-order valence-electron chi connectivity index (χ2n) is 12.7. The molecule has 2 bridgehead atoms. The lowest BCUT2D eigenvalue weighted by Crippen LogP contribution is -2.56. The number of phenolic OH excluding ortho intramolecular Hbond substituents is 1. The van der Waals surface area contributed by atoms with Crippen LogP contribution >= 0.6 is 0 Å². The molecule has 2 fully saturated rings. The molecule has 3 N–H and O–H groups in total. The molecule has 2 aliphatic rings. The lowest BCUT2D eigenvalue weighted by atomic mass is 9.98. The smallest absolute Gasteiger partial charge is 0.410 e. The van der Waals surface area contributed by atoms with E-state index in [0.717, 1.165) is 24.1 Å². The number of nitrogens with one attached hydrogen (secondary N) is 1. The molecule has 1 aromatic heterocycles. The van der Waals surface area contributed by atoms with E-state index in [1.54, 1.807) is 31.4 Å². The second-order valence-corrected chi connectivity index (χ2v) is 12.7. The SMILES string of the molecule is Cc1ccc(N2C[C@H]3CC[C@@H](C2)N3C(=O)OC(C)(C)C)cc1C(=O)N[C@H](C)c1cc(O)cc(-c2ccn(C)c2C(=O)O)c1. The van der Waals surface area contributed by atoms with Gasteiger partial charge in [-0.1, -0.05) is 6.07 Å². The van der Waals surface area contributed by atoms with Crippen molar-refractivity contribution < 1.29 is 29.3 Å². The number of nitrogens with zero attached hydrogens (tertiary/aromatic N) is 3. The maximum Gasteiger partial charge on any atom is 0.410 e. The number of carbonyl (C=O) groups is 3. The van der Waals surface area contributed by atoms with Gasteiger partial charge in [-0.15, -0.1) is 0 Å². The molecule has 2 aliphatic heterocycles. The molecule has 0 unspecified atom stereocenters. The van der Waals surface area contributed by atoms with Crippen molar-refractivity contribution >= 4 is 23.7 Å². The minimum atomic E-state index is -1.07. The fourth-order valence-corrected chi connectivity index (χ4v) is 6.20. The second kappa shape index (κ2) is 11.3. The summed E-state index contributed by atoms with van der Waals surface area (Å²) in [6.45, 7) is 10.7. The first-order valence-electron chi connectivity index (χ1n) is 14.6. The summed E-state index contributed by atoms with van der Waals surface area (Å²) < 4.78 is 7.19. The Kier molecular flexibility index (Phi) is 7.89. The Morgan fingerprint density at radius 2 is 1.70 bits per heavy atom. The molecule has 43 heavy (non-hydrogen) atoms. The van der Waals surface area contributed by atoms with E-state index in [0.29, 0.717) is 35.3 Å². The first kappa shape index (κ1) is 30.0. The van der Waals surface area contributed by atoms with Crippen molar-refractivity contribution in [2.45, 2.75) is 71.2 Å². The van der Waals surface area contributed by atoms with Gasteiger partial charge in [-0.25, -0.2) is 9.59 Å². The number of phenols is 1. The number of fused-ring (bicyclic) bond motifs is 2. The molecule has 2 saturated heterocycles. The van der Waals surface area contributed by atoms with Gasteiger partial charge in [0.2, 0.25) is 0 Å². The highest BCUT2D eigenvalue weighted by molar-refractivity contribution is 5.97. The van der Waals surface area contributed by atoms with Gasteiger partial charge >= 0.3 is 12.1 Å². The van der Waals surface area contributed by atoms with Crippen LogP contribution < -0.4 is 10.2 Å². The molecule has 228 valence electrons. The number of hydrogen-bond donors (Lipinski definition) is 3. The zero-order chi connectivity index (χ0) is 31.2. The van der Waals surface area contributed by atoms with Gasteiger partial charge in [0.05, 0.1) is 18.1 Å². The van der Waals surface area contributed by atoms with Crippen LogP contribution in [0.2, 0.25) is 0 Å². The first-order chi connectivity index (χ1) is 20.2. The maximum atomic E-state index is 13.5. The van der Waals surface area contributed by atoms with Gasteiger partial charge in [0.1, 0.15) is 17.0 Å². The third-order valence-corrected chi connectivity index (χ3v) is 8.29. The Morgan fingerprint density at radius 1 is 1.02 bits per heavy atom. The number of anilines is 1. The van der Waals surface area contributed by atoms with Crippen molar-refractivity contribution in [3.05, 3.63) is 71.0 Å². The molecule has 3 aromatic rings. The van der Waals surface area contributed by atoms with E-state index in [1.807, 2.05) is 57.7 Å². The van der Waals surface area contributed by atoms with Crippen LogP contribution in [0.25, 0.3) is 11.1 Å². The minimum Gasteiger partial charge on any atom is -0.508 e. The van der Waals surface area contributed by atoms with E-state index < -0.39 is 17.6 Å². The molecular formula is C33H40N4O6. The van der Waals surface area contributed by atoms with Gasteiger partial charge in [-0.05, 0) is 101 Å². The van der Waals surface area contributed by atoms with Crippen molar-refractivity contribution in [3.8, 4) is 16.9 Å². The lowest BCUT2D eigenvalue weighted by molar-refractivity contribution is 0.0123. The van der Waals surface area contributed by atoms with E-state index in [-0.39, 0.29) is 35.5 Å². The summed E-state index contributed by atoms with van der Waals surface area (Å²) in [5.74, 6) is -1.34. The number of aromatic carboxylic acids is 1. The number of hydrogen-bond acceptors (Lipinski definition) is 6. The minimum absolute atomic E-state index is 0.0212. The summed E-state index contributed by atoms with van der Waals surface area (Å²) in [6, 6.07) is 12.1. The van der Waals surface area contributed by atoms with Crippen molar-refractivity contribution in [1.29, 1.82) is 0 Å². The molecule has 3 atom stereocenters. The van der Waals surface area contributed by atoms with Crippen molar-refractivity contribution in [3.63, 3.8) is 0 Å². The third kappa shape index (κ3) is 6.18. The number of aromatic hydroxyl groups is 1. The number of carboxylic acids is 1. The van der Waals surface area contributed by atoms with Crippen LogP contribution in [0.15, 0.2) is 48.7 Å². The van der Waals surface area contributed by atoms with Crippen LogP contribution in [0.4, 0.5) is 10.5 Å². The van der Waals surface area contributed by atoms with Crippen molar-refractivity contribution in [1.82, 2.24) is 14.8 Å². The van der Waals surface area contributed by atoms with Crippen LogP contribution in [-0.4, -0.2) is 68.4 Å². The number of benzene rings is 2. The molecule has 0 aliphatic carbocycles. The van der Waals surface area contributed by atoms with Gasteiger partial charge in [-0.3, -0.25) is 9.69 Å². The van der Waals surface area contributed by atoms with Gasteiger partial charge in [-0.2, -0.15) is 0 Å². The zero-order valence-electron chi connectivity index (χ0n) is 25.5. The predicted molar refractivity (Wildman–Crippen MR) is 164 cm³/mol. The number of carboxylic acid groups (broad SMARTS) is 1. The molecule has 10 nitrogen and oxygen atoms in total. The van der Waals surface area contributed by atoms with Crippen LogP contribution in [0.1, 0.15) is 78.6 Å². The van der Waals surface area contributed by atoms with Crippen molar-refractivity contribution in [2.24, 2.45) is 7.05 Å². The molecule has 3 heterocycles. The number of piperazine rings is 1. The largest absolute Gasteiger partial charge is 0.508 e. The summed E-state index contributed by atoms with van der Waals surface area (Å²) in [5, 5.41) is 23.2. The molecule has 0 saturated carbocycles. The standard InChI is InChI=1S/C33H40N4O6/c1-19-7-8-23(36-17-24-9-10-25(18-36)37(24)32(42)43-33(3,4)5)16-28(19)30(39)34-20(2)21-13-22(15-26(38)14-21)27-11-12-35(6)29(27)31(40)41/h7-8,11-16,20,24-25,38H,9-10,17-18H2,1-6H3,(H,34,39)(H,40,41)/t20-,24-,25+/m1/s1. The van der Waals surface area contributed by atoms with Gasteiger partial charge < -0.3 is 29.7 Å². The first-order valence-corrected chi connectivity index (χ1v) is 14.6. The highest BCUT2D eigenvalue weighted by Gasteiger charge is 2.44. The summed E-state index contributed by atoms with van der Waals surface area (Å²) in [7, 11) is 1.65. The maximum absolute atomic E-state index is 13.5. The topological polar surface area (TPSA) is 124 Å². The Balaban J connectivity index is 1.32. The fraction of sp³-hybridized carbons (Fsp3) is 0.424. The average Bonchev–Trinajstić information content (AvgIpc) is 3.44. The van der Waals surface area contributed by atoms with E-state index in [9.17, 15) is 24.6 Å². The van der Waals surface area contributed by atoms with E-state index in [2.05, 4.69) is 10.2 Å². The van der Waals surface area contributed by atoms with Crippen molar-refractivity contribution in [2.75, 3.05) is 18.0 Å². The number of aryl methyl sites for hydroxylation is 2. The highest BCUT2D eigenvalue weighted by atomic mass is 16.6. The van der Waals surface area contributed by atoms with Gasteiger partial charge in [0.25, 0.3) is 5.91 Å². The highest BCUT2D eigenvalue weighted by Crippen LogP contribution is 2.35. The van der Waals surface area contributed by atoms with E-state index in [4.69, 9.17) is 4.74 Å². The van der Waals surface area contributed by atoms with Crippen LogP contribution in [-0.2, 0) is 11.8 Å². The molecule has 2 aromatic carbocycles. The summed E-state index contributed by atoms with van der Waals surface area (Å²) >= 11 is 0. The summed E-state index contributed by atoms with van der Waals surface area (Å²) in [6.07, 6.45) is 3.23. The van der Waals surface area contributed by atoms with Crippen LogP contribution in [0.3, 0.4) is 0 Å². The average molecular weight is 589 g/mol. The molecule has 5 rings (SSSR count). The Hall–Kier alpha value is -4.47. The van der Waals surface area contributed by atoms with Crippen LogP contribution in [0.5, 0.6) is 5.75 Å². The molecule has 0 spiro atoms. The fourth-order valence-electron chi connectivity index (χ4n) is 6.20. The predicted octanol–water partition coefficient (Wildman–Crippen LogP) is 5.48. The number of carbonyl (C=O) groups excluding carboxylic acids is 2. The zero-order valence-corrected chi connectivity index (χ0v) is 25.5. The van der Waals surface area contributed by atoms with E-state index in [1.165, 1.54) is 10.6 Å². The molecule has 2 amide bonds.